The van der Waals surface area contributed by atoms with E-state index in [0.29, 0.717) is 29.1 Å². The molecule has 0 bridgehead atoms. The summed E-state index contributed by atoms with van der Waals surface area (Å²) in [6.45, 7) is 8.28. The number of nitrogens with one attached hydrogen (secondary N) is 1. The molecule has 0 spiro atoms. The number of aryl methyl sites for hydroxylation is 2. The van der Waals surface area contributed by atoms with E-state index in [9.17, 15) is 26.4 Å². The lowest BCUT2D eigenvalue weighted by Crippen LogP contribution is -2.41. The van der Waals surface area contributed by atoms with Gasteiger partial charge in [0.2, 0.25) is 0 Å². The predicted molar refractivity (Wildman–Crippen MR) is 152 cm³/mol. The summed E-state index contributed by atoms with van der Waals surface area (Å²) in [5, 5.41) is 9.17. The summed E-state index contributed by atoms with van der Waals surface area (Å²) in [5.41, 5.74) is -0.0481. The molecule has 4 heterocycles. The van der Waals surface area contributed by atoms with Gasteiger partial charge in [0.15, 0.2) is 5.82 Å². The zero-order valence-electron chi connectivity index (χ0n) is 24.2. The molecule has 15 heteroatoms. The maximum Gasteiger partial charge on any atom is 0.389 e. The maximum absolute atomic E-state index is 13.5. The van der Waals surface area contributed by atoms with Crippen LogP contribution in [0.25, 0.3) is 5.82 Å². The van der Waals surface area contributed by atoms with E-state index in [4.69, 9.17) is 4.98 Å². The summed E-state index contributed by atoms with van der Waals surface area (Å²) in [7, 11) is -4.45. The van der Waals surface area contributed by atoms with Gasteiger partial charge in [0.25, 0.3) is 15.9 Å². The molecule has 0 aliphatic carbocycles. The van der Waals surface area contributed by atoms with Crippen LogP contribution < -0.4 is 9.62 Å². The number of carbonyl (C=O) groups is 1. The van der Waals surface area contributed by atoms with Crippen LogP contribution in [0.3, 0.4) is 0 Å². The van der Waals surface area contributed by atoms with Crippen molar-refractivity contribution in [3.63, 3.8) is 0 Å². The number of alkyl halides is 3. The van der Waals surface area contributed by atoms with Gasteiger partial charge in [-0.3, -0.25) is 9.48 Å². The molecule has 3 aromatic heterocycles. The van der Waals surface area contributed by atoms with Crippen molar-refractivity contribution < 1.29 is 26.4 Å². The molecule has 0 aromatic carbocycles. The second-order valence-corrected chi connectivity index (χ2v) is 17.2. The minimum absolute atomic E-state index is 0.0456. The van der Waals surface area contributed by atoms with Crippen LogP contribution in [0.15, 0.2) is 40.5 Å². The predicted octanol–water partition coefficient (Wildman–Crippen LogP) is 4.43. The molecule has 1 aliphatic heterocycles. The van der Waals surface area contributed by atoms with Crippen LogP contribution in [0, 0.1) is 12.8 Å². The Hall–Kier alpha value is -3.07. The average Bonchev–Trinajstić information content (AvgIpc) is 3.53. The normalized spacial score (nSPS) is 18.1. The van der Waals surface area contributed by atoms with Crippen molar-refractivity contribution in [1.29, 1.82) is 0 Å². The van der Waals surface area contributed by atoms with Crippen molar-refractivity contribution in [3.05, 3.63) is 41.9 Å². The van der Waals surface area contributed by atoms with Gasteiger partial charge in [-0.1, -0.05) is 6.92 Å². The first-order valence-electron chi connectivity index (χ1n) is 13.0. The van der Waals surface area contributed by atoms with E-state index in [1.54, 1.807) is 44.8 Å². The Labute approximate surface area is 239 Å². The Morgan fingerprint density at radius 3 is 2.41 bits per heavy atom. The zero-order valence-corrected chi connectivity index (χ0v) is 25.8. The molecule has 1 saturated heterocycles. The summed E-state index contributed by atoms with van der Waals surface area (Å²) >= 11 is 0. The minimum atomic E-state index is -4.25. The number of halogens is 3. The molecule has 4 rings (SSSR count). The number of anilines is 1. The van der Waals surface area contributed by atoms with Crippen molar-refractivity contribution >= 4 is 31.8 Å². The second-order valence-electron chi connectivity index (χ2n) is 11.7. The number of aromatic nitrogens is 5. The zero-order chi connectivity index (χ0) is 30.5. The number of carbonyl (C=O) groups excluding carboxylic acids is 1. The quantitative estimate of drug-likeness (QED) is 0.399. The van der Waals surface area contributed by atoms with E-state index in [0.717, 1.165) is 6.42 Å². The van der Waals surface area contributed by atoms with E-state index in [1.807, 2.05) is 18.7 Å². The fraction of sp³-hybridized carbons (Fsp3) is 0.538. The molecule has 0 unspecified atom stereocenters. The summed E-state index contributed by atoms with van der Waals surface area (Å²) in [4.78, 5) is 20.1. The summed E-state index contributed by atoms with van der Waals surface area (Å²) < 4.78 is 69.7. The van der Waals surface area contributed by atoms with E-state index < -0.39 is 38.6 Å². The van der Waals surface area contributed by atoms with Gasteiger partial charge in [-0.15, -0.1) is 0 Å². The fourth-order valence-corrected chi connectivity index (χ4v) is 8.06. The standard InChI is InChI=1S/C26H36F3N7O3S2/c1-17-14-25(3,4)35(15-17)23-19(24(37)33-41(38,39)20-16-34(5)31-18(20)2)8-9-21(30-23)36-12-10-22(32-36)40(6,7)13-11-26(27,28)29/h8-10,12,16-17H,11,13-15H2,1-7H3,(H,33,37)/t17-/m0/s1. The molecule has 0 radical (unpaired) electrons. The highest BCUT2D eigenvalue weighted by Gasteiger charge is 2.39. The van der Waals surface area contributed by atoms with Crippen LogP contribution in [-0.4, -0.2) is 75.4 Å². The van der Waals surface area contributed by atoms with Crippen LogP contribution in [0.2, 0.25) is 0 Å². The number of amides is 1. The highest BCUT2D eigenvalue weighted by atomic mass is 32.3. The molecule has 0 saturated carbocycles. The largest absolute Gasteiger partial charge is 0.389 e. The third-order valence-corrected chi connectivity index (χ3v) is 11.2. The molecular formula is C26H36F3N7O3S2. The number of pyridine rings is 1. The monoisotopic (exact) mass is 615 g/mol. The van der Waals surface area contributed by atoms with E-state index in [2.05, 4.69) is 21.8 Å². The molecule has 10 nitrogen and oxygen atoms in total. The third kappa shape index (κ3) is 6.71. The molecule has 1 amide bonds. The highest BCUT2D eigenvalue weighted by molar-refractivity contribution is 8.32. The molecule has 1 N–H and O–H groups in total. The van der Waals surface area contributed by atoms with Gasteiger partial charge in [-0.25, -0.2) is 32.8 Å². The lowest BCUT2D eigenvalue weighted by molar-refractivity contribution is -0.129. The molecule has 1 atom stereocenters. The van der Waals surface area contributed by atoms with Crippen LogP contribution in [0.4, 0.5) is 19.0 Å². The van der Waals surface area contributed by atoms with E-state index in [1.165, 1.54) is 21.6 Å². The van der Waals surface area contributed by atoms with E-state index >= 15 is 0 Å². The van der Waals surface area contributed by atoms with Crippen molar-refractivity contribution in [3.8, 4) is 5.82 Å². The molecule has 3 aromatic rings. The Morgan fingerprint density at radius 2 is 1.85 bits per heavy atom. The molecular weight excluding hydrogens is 579 g/mol. The van der Waals surface area contributed by atoms with Gasteiger partial charge < -0.3 is 4.90 Å². The smallest absolute Gasteiger partial charge is 0.350 e. The van der Waals surface area contributed by atoms with Gasteiger partial charge in [0, 0.05) is 31.5 Å². The van der Waals surface area contributed by atoms with Gasteiger partial charge in [-0.05, 0) is 69.6 Å². The highest BCUT2D eigenvalue weighted by Crippen LogP contribution is 2.50. The van der Waals surface area contributed by atoms with Crippen molar-refractivity contribution in [1.82, 2.24) is 29.3 Å². The fourth-order valence-electron chi connectivity index (χ4n) is 5.19. The third-order valence-electron chi connectivity index (χ3n) is 7.18. The van der Waals surface area contributed by atoms with Crippen molar-refractivity contribution in [2.24, 2.45) is 13.0 Å². The topological polar surface area (TPSA) is 115 Å². The van der Waals surface area contributed by atoms with E-state index in [-0.39, 0.29) is 27.4 Å². The van der Waals surface area contributed by atoms with Gasteiger partial charge >= 0.3 is 6.18 Å². The molecule has 1 aliphatic rings. The maximum atomic E-state index is 13.5. The van der Waals surface area contributed by atoms with Crippen LogP contribution in [0.5, 0.6) is 0 Å². The Morgan fingerprint density at radius 1 is 1.17 bits per heavy atom. The number of hydrogen-bond acceptors (Lipinski definition) is 7. The van der Waals surface area contributed by atoms with Gasteiger partial charge in [0.1, 0.15) is 15.7 Å². The SMILES string of the molecule is Cc1nn(C)cc1S(=O)(=O)NC(=O)c1ccc(-n2ccc(S(C)(C)CCC(F)(F)F)n2)nc1N1C[C@@H](C)CC1(C)C. The Balaban J connectivity index is 1.72. The number of sulfonamides is 1. The summed E-state index contributed by atoms with van der Waals surface area (Å²) in [6.07, 6.45) is 2.23. The van der Waals surface area contributed by atoms with Gasteiger partial charge in [-0.2, -0.15) is 23.4 Å². The first-order chi connectivity index (χ1) is 18.8. The second kappa shape index (κ2) is 10.6. The van der Waals surface area contributed by atoms with Crippen LogP contribution in [-0.2, 0) is 17.1 Å². The molecule has 226 valence electrons. The average molecular weight is 616 g/mol. The number of hydrogen-bond donors (Lipinski definition) is 1. The van der Waals surface area contributed by atoms with Crippen molar-refractivity contribution in [2.45, 2.75) is 62.2 Å². The number of rotatable bonds is 8. The first-order valence-corrected chi connectivity index (χ1v) is 17.1. The van der Waals surface area contributed by atoms with Crippen LogP contribution >= 0.6 is 10.0 Å². The Kier molecular flexibility index (Phi) is 8.02. The Bertz CT molecular complexity index is 1560. The molecule has 41 heavy (non-hydrogen) atoms. The first kappa shape index (κ1) is 30.9. The minimum Gasteiger partial charge on any atom is -0.350 e. The van der Waals surface area contributed by atoms with Crippen LogP contribution in [0.1, 0.15) is 49.7 Å². The van der Waals surface area contributed by atoms with Gasteiger partial charge in [0.05, 0.1) is 17.7 Å². The summed E-state index contributed by atoms with van der Waals surface area (Å²) in [5.74, 6) is 0.0677. The lowest BCUT2D eigenvalue weighted by Gasteiger charge is -2.34. The van der Waals surface area contributed by atoms with Crippen molar-refractivity contribution in [2.75, 3.05) is 29.7 Å². The summed E-state index contributed by atoms with van der Waals surface area (Å²) in [6, 6.07) is 4.74. The lowest BCUT2D eigenvalue weighted by atomic mass is 9.97. The molecule has 1 fully saturated rings. The number of nitrogens with zero attached hydrogens (tertiary/aromatic N) is 6.